The second-order valence-electron chi connectivity index (χ2n) is 2.17. The normalized spacial score (nSPS) is 10.6. The quantitative estimate of drug-likeness (QED) is 0.495. The van der Waals surface area contributed by atoms with Crippen LogP contribution in [0.5, 0.6) is 0 Å². The molecule has 0 heterocycles. The summed E-state index contributed by atoms with van der Waals surface area (Å²) in [5.74, 6) is 0. The van der Waals surface area contributed by atoms with E-state index in [2.05, 4.69) is 17.1 Å². The average molecular weight is 165 g/mol. The van der Waals surface area contributed by atoms with Crippen LogP contribution in [0.15, 0.2) is 35.3 Å². The lowest BCUT2D eigenvalue weighted by Gasteiger charge is -1.92. The largest absolute Gasteiger partial charge is 0.282 e. The summed E-state index contributed by atoms with van der Waals surface area (Å²) in [6.45, 7) is 0.793. The van der Waals surface area contributed by atoms with Gasteiger partial charge in [-0.05, 0) is 11.8 Å². The minimum atomic E-state index is 0.793. The van der Waals surface area contributed by atoms with Crippen LogP contribution in [0.25, 0.3) is 0 Å². The molecule has 0 unspecified atom stereocenters. The molecular weight excluding hydrogens is 154 g/mol. The summed E-state index contributed by atoms with van der Waals surface area (Å²) >= 11 is 1.63. The third-order valence-corrected chi connectivity index (χ3v) is 1.66. The van der Waals surface area contributed by atoms with Crippen molar-refractivity contribution in [1.82, 2.24) is 0 Å². The standard InChI is InChI=1S/C9H11NS/c1-11-8-10-7-9-5-3-2-4-6-9/h2-6,8H,7H2,1H3. The van der Waals surface area contributed by atoms with Gasteiger partial charge in [-0.3, -0.25) is 4.99 Å². The SMILES string of the molecule is CSC=NCc1ccccc1. The molecule has 0 N–H and O–H groups in total. The number of thioether (sulfide) groups is 1. The maximum Gasteiger partial charge on any atom is 0.0645 e. The minimum Gasteiger partial charge on any atom is -0.282 e. The van der Waals surface area contributed by atoms with Crippen molar-refractivity contribution in [3.05, 3.63) is 35.9 Å². The number of hydrogen-bond acceptors (Lipinski definition) is 2. The van der Waals surface area contributed by atoms with Gasteiger partial charge in [-0.2, -0.15) is 0 Å². The van der Waals surface area contributed by atoms with Gasteiger partial charge in [0.25, 0.3) is 0 Å². The number of rotatable bonds is 3. The van der Waals surface area contributed by atoms with Gasteiger partial charge in [0.2, 0.25) is 0 Å². The molecule has 0 fully saturated rings. The highest BCUT2D eigenvalue weighted by Crippen LogP contribution is 2.00. The molecule has 0 aliphatic heterocycles. The Morgan fingerprint density at radius 1 is 1.36 bits per heavy atom. The smallest absolute Gasteiger partial charge is 0.0645 e. The first-order valence-corrected chi connectivity index (χ1v) is 4.77. The molecule has 1 rings (SSSR count). The molecule has 0 bridgehead atoms. The van der Waals surface area contributed by atoms with Gasteiger partial charge < -0.3 is 0 Å². The highest BCUT2D eigenvalue weighted by atomic mass is 32.2. The fraction of sp³-hybridized carbons (Fsp3) is 0.222. The van der Waals surface area contributed by atoms with E-state index in [1.165, 1.54) is 5.56 Å². The molecule has 58 valence electrons. The molecule has 0 atom stereocenters. The topological polar surface area (TPSA) is 12.4 Å². The van der Waals surface area contributed by atoms with E-state index in [-0.39, 0.29) is 0 Å². The molecule has 0 radical (unpaired) electrons. The van der Waals surface area contributed by atoms with Gasteiger partial charge in [0.1, 0.15) is 0 Å². The molecule has 0 saturated heterocycles. The highest BCUT2D eigenvalue weighted by molar-refractivity contribution is 8.11. The van der Waals surface area contributed by atoms with Gasteiger partial charge in [-0.25, -0.2) is 0 Å². The summed E-state index contributed by atoms with van der Waals surface area (Å²) in [5, 5.41) is 0. The predicted octanol–water partition coefficient (Wildman–Crippen LogP) is 2.58. The van der Waals surface area contributed by atoms with Crippen molar-refractivity contribution in [3.63, 3.8) is 0 Å². The molecule has 0 spiro atoms. The van der Waals surface area contributed by atoms with Crippen LogP contribution in [0.4, 0.5) is 0 Å². The lowest BCUT2D eigenvalue weighted by Crippen LogP contribution is -1.78. The van der Waals surface area contributed by atoms with E-state index in [0.717, 1.165) is 6.54 Å². The maximum absolute atomic E-state index is 4.20. The first kappa shape index (κ1) is 8.34. The Hall–Kier alpha value is -0.760. The van der Waals surface area contributed by atoms with Crippen LogP contribution in [0.2, 0.25) is 0 Å². The van der Waals surface area contributed by atoms with Crippen molar-refractivity contribution in [3.8, 4) is 0 Å². The van der Waals surface area contributed by atoms with E-state index in [0.29, 0.717) is 0 Å². The third kappa shape index (κ3) is 3.23. The molecule has 11 heavy (non-hydrogen) atoms. The van der Waals surface area contributed by atoms with E-state index in [9.17, 15) is 0 Å². The van der Waals surface area contributed by atoms with Gasteiger partial charge >= 0.3 is 0 Å². The Morgan fingerprint density at radius 2 is 2.09 bits per heavy atom. The molecule has 0 aliphatic rings. The van der Waals surface area contributed by atoms with Gasteiger partial charge in [-0.15, -0.1) is 11.8 Å². The molecular formula is C9H11NS. The first-order chi connectivity index (χ1) is 5.43. The molecule has 0 saturated carbocycles. The Labute approximate surface area is 71.5 Å². The maximum atomic E-state index is 4.20. The highest BCUT2D eigenvalue weighted by Gasteiger charge is 1.84. The summed E-state index contributed by atoms with van der Waals surface area (Å²) in [6, 6.07) is 10.2. The van der Waals surface area contributed by atoms with E-state index in [1.807, 2.05) is 30.0 Å². The van der Waals surface area contributed by atoms with E-state index < -0.39 is 0 Å². The van der Waals surface area contributed by atoms with Crippen molar-refractivity contribution in [2.45, 2.75) is 6.54 Å². The molecule has 0 amide bonds. The zero-order valence-electron chi connectivity index (χ0n) is 6.53. The average Bonchev–Trinajstić information content (AvgIpc) is 2.07. The lowest BCUT2D eigenvalue weighted by atomic mass is 10.2. The van der Waals surface area contributed by atoms with Crippen molar-refractivity contribution in [2.24, 2.45) is 4.99 Å². The van der Waals surface area contributed by atoms with Crippen molar-refractivity contribution in [2.75, 3.05) is 6.26 Å². The molecule has 1 aromatic rings. The number of hydrogen-bond donors (Lipinski definition) is 0. The minimum absolute atomic E-state index is 0.793. The second kappa shape index (κ2) is 4.97. The van der Waals surface area contributed by atoms with Crippen LogP contribution in [0.1, 0.15) is 5.56 Å². The van der Waals surface area contributed by atoms with Gasteiger partial charge in [0, 0.05) is 0 Å². The van der Waals surface area contributed by atoms with Gasteiger partial charge in [0.15, 0.2) is 0 Å². The fourth-order valence-electron chi connectivity index (χ4n) is 0.801. The summed E-state index contributed by atoms with van der Waals surface area (Å²) in [4.78, 5) is 4.20. The molecule has 1 nitrogen and oxygen atoms in total. The van der Waals surface area contributed by atoms with Crippen LogP contribution < -0.4 is 0 Å². The fourth-order valence-corrected chi connectivity index (χ4v) is 1.02. The Balaban J connectivity index is 2.45. The van der Waals surface area contributed by atoms with Gasteiger partial charge in [-0.1, -0.05) is 30.3 Å². The Kier molecular flexibility index (Phi) is 3.76. The summed E-state index contributed by atoms with van der Waals surface area (Å²) < 4.78 is 0. The first-order valence-electron chi connectivity index (χ1n) is 3.48. The zero-order valence-corrected chi connectivity index (χ0v) is 7.34. The number of aliphatic imine (C=N–C) groups is 1. The number of benzene rings is 1. The zero-order chi connectivity index (χ0) is 7.94. The van der Waals surface area contributed by atoms with Crippen molar-refractivity contribution >= 4 is 17.3 Å². The molecule has 0 aromatic heterocycles. The van der Waals surface area contributed by atoms with Gasteiger partial charge in [0.05, 0.1) is 12.1 Å². The van der Waals surface area contributed by atoms with Crippen LogP contribution in [-0.2, 0) is 6.54 Å². The predicted molar refractivity (Wildman–Crippen MR) is 52.2 cm³/mol. The van der Waals surface area contributed by atoms with Crippen LogP contribution >= 0.6 is 11.8 Å². The summed E-state index contributed by atoms with van der Waals surface area (Å²) in [5.41, 5.74) is 3.13. The van der Waals surface area contributed by atoms with E-state index in [4.69, 9.17) is 0 Å². The summed E-state index contributed by atoms with van der Waals surface area (Å²) in [6.07, 6.45) is 2.01. The van der Waals surface area contributed by atoms with E-state index >= 15 is 0 Å². The second-order valence-corrected chi connectivity index (χ2v) is 2.85. The van der Waals surface area contributed by atoms with Crippen molar-refractivity contribution in [1.29, 1.82) is 0 Å². The molecule has 2 heteroatoms. The Morgan fingerprint density at radius 3 is 2.73 bits per heavy atom. The molecule has 0 aliphatic carbocycles. The summed E-state index contributed by atoms with van der Waals surface area (Å²) in [7, 11) is 0. The van der Waals surface area contributed by atoms with Crippen LogP contribution in [0, 0.1) is 0 Å². The van der Waals surface area contributed by atoms with E-state index in [1.54, 1.807) is 11.8 Å². The molecule has 1 aromatic carbocycles. The lowest BCUT2D eigenvalue weighted by molar-refractivity contribution is 1.08. The Bertz CT molecular complexity index is 218. The number of nitrogens with zero attached hydrogens (tertiary/aromatic N) is 1. The van der Waals surface area contributed by atoms with Crippen LogP contribution in [0.3, 0.4) is 0 Å². The third-order valence-electron chi connectivity index (χ3n) is 1.30. The monoisotopic (exact) mass is 165 g/mol. The van der Waals surface area contributed by atoms with Crippen LogP contribution in [-0.4, -0.2) is 11.8 Å². The van der Waals surface area contributed by atoms with Crippen molar-refractivity contribution < 1.29 is 0 Å².